The number of para-hydroxylation sites is 2. The fraction of sp³-hybridized carbons (Fsp3) is 0.0714. The highest BCUT2D eigenvalue weighted by Crippen LogP contribution is 2.34. The highest BCUT2D eigenvalue weighted by atomic mass is 35.5. The molecule has 1 aromatic heterocycles. The second-order valence-corrected chi connectivity index (χ2v) is 4.93. The van der Waals surface area contributed by atoms with Crippen molar-refractivity contribution in [2.45, 2.75) is 6.18 Å². The minimum Gasteiger partial charge on any atom is -0.369 e. The number of nitrogens with two attached hydrogens (primary N) is 1. The summed E-state index contributed by atoms with van der Waals surface area (Å²) in [6.07, 6.45) is -4.48. The van der Waals surface area contributed by atoms with Gasteiger partial charge in [0.15, 0.2) is 0 Å². The number of nitrogens with zero attached hydrogens (tertiary/aromatic N) is 2. The zero-order valence-electron chi connectivity index (χ0n) is 10.5. The van der Waals surface area contributed by atoms with Gasteiger partial charge in [-0.15, -0.1) is 0 Å². The van der Waals surface area contributed by atoms with Gasteiger partial charge in [0, 0.05) is 5.02 Å². The van der Waals surface area contributed by atoms with Crippen molar-refractivity contribution in [3.63, 3.8) is 0 Å². The largest absolute Gasteiger partial charge is 0.416 e. The van der Waals surface area contributed by atoms with Gasteiger partial charge < -0.3 is 5.73 Å². The number of imidazole rings is 1. The van der Waals surface area contributed by atoms with Crippen molar-refractivity contribution in [1.82, 2.24) is 9.55 Å². The fourth-order valence-electron chi connectivity index (χ4n) is 2.18. The van der Waals surface area contributed by atoms with Gasteiger partial charge in [-0.1, -0.05) is 23.7 Å². The predicted molar refractivity (Wildman–Crippen MR) is 75.5 cm³/mol. The topological polar surface area (TPSA) is 43.8 Å². The van der Waals surface area contributed by atoms with E-state index in [1.54, 1.807) is 24.3 Å². The molecule has 0 aliphatic heterocycles. The standard InChI is InChI=1S/C14H9ClF3N3/c15-9-5-8(14(16,17)18)6-10(7-9)21-12-4-2-1-3-11(12)20-13(21)19/h1-7H,(H2,19,20). The number of hydrogen-bond donors (Lipinski definition) is 1. The highest BCUT2D eigenvalue weighted by Gasteiger charge is 2.31. The number of alkyl halides is 3. The Morgan fingerprint density at radius 2 is 1.81 bits per heavy atom. The Balaban J connectivity index is 2.28. The Labute approximate surface area is 122 Å². The van der Waals surface area contributed by atoms with Crippen LogP contribution < -0.4 is 5.73 Å². The monoisotopic (exact) mass is 311 g/mol. The SMILES string of the molecule is Nc1nc2ccccc2n1-c1cc(Cl)cc(C(F)(F)F)c1. The van der Waals surface area contributed by atoms with E-state index in [2.05, 4.69) is 4.98 Å². The third-order valence-electron chi connectivity index (χ3n) is 3.05. The van der Waals surface area contributed by atoms with E-state index >= 15 is 0 Å². The van der Waals surface area contributed by atoms with Gasteiger partial charge in [0.05, 0.1) is 22.3 Å². The van der Waals surface area contributed by atoms with Gasteiger partial charge in [0.1, 0.15) is 0 Å². The van der Waals surface area contributed by atoms with Crippen LogP contribution in [0, 0.1) is 0 Å². The molecule has 21 heavy (non-hydrogen) atoms. The molecule has 0 radical (unpaired) electrons. The molecule has 2 N–H and O–H groups in total. The van der Waals surface area contributed by atoms with E-state index in [0.29, 0.717) is 11.0 Å². The molecular formula is C14H9ClF3N3. The molecule has 0 atom stereocenters. The third-order valence-corrected chi connectivity index (χ3v) is 3.27. The van der Waals surface area contributed by atoms with Crippen LogP contribution in [0.3, 0.4) is 0 Å². The summed E-state index contributed by atoms with van der Waals surface area (Å²) >= 11 is 5.80. The molecule has 0 aliphatic carbocycles. The first-order valence-electron chi connectivity index (χ1n) is 5.97. The van der Waals surface area contributed by atoms with Gasteiger partial charge in [-0.25, -0.2) is 4.98 Å². The first kappa shape index (κ1) is 13.8. The van der Waals surface area contributed by atoms with Crippen molar-refractivity contribution in [2.24, 2.45) is 0 Å². The quantitative estimate of drug-likeness (QED) is 0.729. The van der Waals surface area contributed by atoms with Crippen molar-refractivity contribution >= 4 is 28.6 Å². The Kier molecular flexibility index (Phi) is 3.06. The van der Waals surface area contributed by atoms with Crippen LogP contribution in [0.1, 0.15) is 5.56 Å². The highest BCUT2D eigenvalue weighted by molar-refractivity contribution is 6.30. The summed E-state index contributed by atoms with van der Waals surface area (Å²) in [6.45, 7) is 0. The fourth-order valence-corrected chi connectivity index (χ4v) is 2.41. The lowest BCUT2D eigenvalue weighted by Gasteiger charge is -2.12. The van der Waals surface area contributed by atoms with Crippen molar-refractivity contribution in [2.75, 3.05) is 5.73 Å². The smallest absolute Gasteiger partial charge is 0.369 e. The number of benzene rings is 2. The van der Waals surface area contributed by atoms with Crippen LogP contribution in [0.15, 0.2) is 42.5 Å². The number of rotatable bonds is 1. The van der Waals surface area contributed by atoms with E-state index in [9.17, 15) is 13.2 Å². The summed E-state index contributed by atoms with van der Waals surface area (Å²) in [5, 5.41) is -0.0167. The first-order valence-corrected chi connectivity index (χ1v) is 6.35. The molecule has 108 valence electrons. The number of halogens is 4. The summed E-state index contributed by atoms with van der Waals surface area (Å²) in [5.41, 5.74) is 6.43. The molecule has 3 nitrogen and oxygen atoms in total. The van der Waals surface area contributed by atoms with E-state index in [4.69, 9.17) is 17.3 Å². The lowest BCUT2D eigenvalue weighted by Crippen LogP contribution is -2.07. The van der Waals surface area contributed by atoms with Crippen molar-refractivity contribution in [1.29, 1.82) is 0 Å². The Hall–Kier alpha value is -2.21. The molecule has 0 spiro atoms. The second-order valence-electron chi connectivity index (χ2n) is 4.49. The maximum Gasteiger partial charge on any atom is 0.416 e. The molecule has 0 saturated carbocycles. The molecule has 0 bridgehead atoms. The van der Waals surface area contributed by atoms with Crippen LogP contribution in [-0.2, 0) is 6.18 Å². The first-order chi connectivity index (χ1) is 9.86. The summed E-state index contributed by atoms with van der Waals surface area (Å²) in [6, 6.07) is 10.3. The zero-order valence-corrected chi connectivity index (χ0v) is 11.3. The maximum absolute atomic E-state index is 12.9. The maximum atomic E-state index is 12.9. The molecule has 2 aromatic carbocycles. The van der Waals surface area contributed by atoms with Gasteiger partial charge in [0.2, 0.25) is 5.95 Å². The Morgan fingerprint density at radius 3 is 2.52 bits per heavy atom. The molecular weight excluding hydrogens is 303 g/mol. The minimum atomic E-state index is -4.48. The average molecular weight is 312 g/mol. The van der Waals surface area contributed by atoms with Gasteiger partial charge in [-0.2, -0.15) is 13.2 Å². The zero-order chi connectivity index (χ0) is 15.2. The van der Waals surface area contributed by atoms with Crippen LogP contribution in [0.4, 0.5) is 19.1 Å². The summed E-state index contributed by atoms with van der Waals surface area (Å²) < 4.78 is 40.1. The van der Waals surface area contributed by atoms with E-state index < -0.39 is 11.7 Å². The average Bonchev–Trinajstić information content (AvgIpc) is 2.72. The summed E-state index contributed by atoms with van der Waals surface area (Å²) in [5.74, 6) is 0.103. The number of fused-ring (bicyclic) bond motifs is 1. The Bertz CT molecular complexity index is 824. The number of nitrogen functional groups attached to an aromatic ring is 1. The number of anilines is 1. The molecule has 0 fully saturated rings. The van der Waals surface area contributed by atoms with Gasteiger partial charge in [-0.3, -0.25) is 4.57 Å². The lowest BCUT2D eigenvalue weighted by atomic mass is 10.2. The molecule has 0 unspecified atom stereocenters. The van der Waals surface area contributed by atoms with Crippen LogP contribution in [0.2, 0.25) is 5.02 Å². The summed E-state index contributed by atoms with van der Waals surface area (Å²) in [7, 11) is 0. The van der Waals surface area contributed by atoms with Crippen LogP contribution in [0.25, 0.3) is 16.7 Å². The van der Waals surface area contributed by atoms with Gasteiger partial charge in [0.25, 0.3) is 0 Å². The predicted octanol–water partition coefficient (Wildman–Crippen LogP) is 4.28. The second kappa shape index (κ2) is 4.66. The molecule has 1 heterocycles. The van der Waals surface area contributed by atoms with Crippen molar-refractivity contribution in [3.05, 3.63) is 53.1 Å². The molecule has 0 amide bonds. The molecule has 3 rings (SSSR count). The summed E-state index contributed by atoms with van der Waals surface area (Å²) in [4.78, 5) is 4.13. The Morgan fingerprint density at radius 1 is 1.10 bits per heavy atom. The normalized spacial score (nSPS) is 12.0. The number of aromatic nitrogens is 2. The van der Waals surface area contributed by atoms with Gasteiger partial charge >= 0.3 is 6.18 Å². The molecule has 3 aromatic rings. The molecule has 0 aliphatic rings. The van der Waals surface area contributed by atoms with Crippen LogP contribution >= 0.6 is 11.6 Å². The van der Waals surface area contributed by atoms with Crippen LogP contribution in [-0.4, -0.2) is 9.55 Å². The van der Waals surface area contributed by atoms with E-state index in [1.807, 2.05) is 0 Å². The van der Waals surface area contributed by atoms with E-state index in [0.717, 1.165) is 12.1 Å². The lowest BCUT2D eigenvalue weighted by molar-refractivity contribution is -0.137. The molecule has 7 heteroatoms. The molecule has 0 saturated heterocycles. The van der Waals surface area contributed by atoms with Gasteiger partial charge in [-0.05, 0) is 30.3 Å². The van der Waals surface area contributed by atoms with E-state index in [1.165, 1.54) is 10.6 Å². The third kappa shape index (κ3) is 2.42. The number of hydrogen-bond acceptors (Lipinski definition) is 2. The van der Waals surface area contributed by atoms with E-state index in [-0.39, 0.29) is 16.7 Å². The van der Waals surface area contributed by atoms with Crippen molar-refractivity contribution < 1.29 is 13.2 Å². The van der Waals surface area contributed by atoms with Crippen molar-refractivity contribution in [3.8, 4) is 5.69 Å². The minimum absolute atomic E-state index is 0.0167. The van der Waals surface area contributed by atoms with Crippen LogP contribution in [0.5, 0.6) is 0 Å².